The zero-order valence-corrected chi connectivity index (χ0v) is 12.0. The minimum Gasteiger partial charge on any atom is -0.389 e. The number of aromatic nitrogens is 2. The average Bonchev–Trinajstić information content (AvgIpc) is 2.82. The Labute approximate surface area is 122 Å². The summed E-state index contributed by atoms with van der Waals surface area (Å²) in [5.41, 5.74) is 9.86. The highest BCUT2D eigenvalue weighted by Crippen LogP contribution is 2.26. The molecule has 0 saturated heterocycles. The number of aryl methyl sites for hydroxylation is 1. The molecule has 19 heavy (non-hydrogen) atoms. The summed E-state index contributed by atoms with van der Waals surface area (Å²) in [5, 5.41) is 0.586. The van der Waals surface area contributed by atoms with Crippen LogP contribution >= 0.6 is 23.8 Å². The molecule has 1 aliphatic carbocycles. The van der Waals surface area contributed by atoms with Crippen molar-refractivity contribution in [2.75, 3.05) is 0 Å². The van der Waals surface area contributed by atoms with Crippen LogP contribution in [0.3, 0.4) is 0 Å². The van der Waals surface area contributed by atoms with Gasteiger partial charge in [-0.05, 0) is 43.9 Å². The molecule has 0 radical (unpaired) electrons. The van der Waals surface area contributed by atoms with E-state index in [4.69, 9.17) is 29.6 Å². The topological polar surface area (TPSA) is 43.8 Å². The average molecular weight is 292 g/mol. The Hall–Kier alpha value is -1.39. The van der Waals surface area contributed by atoms with Gasteiger partial charge in [-0.1, -0.05) is 23.8 Å². The van der Waals surface area contributed by atoms with Crippen molar-refractivity contribution in [2.45, 2.75) is 25.7 Å². The maximum atomic E-state index is 6.22. The zero-order valence-electron chi connectivity index (χ0n) is 10.4. The summed E-state index contributed by atoms with van der Waals surface area (Å²) in [7, 11) is 0. The van der Waals surface area contributed by atoms with E-state index in [1.807, 2.05) is 24.5 Å². The molecule has 3 rings (SSSR count). The molecule has 0 fully saturated rings. The van der Waals surface area contributed by atoms with E-state index < -0.39 is 0 Å². The maximum absolute atomic E-state index is 6.22. The molecule has 2 N–H and O–H groups in total. The van der Waals surface area contributed by atoms with Gasteiger partial charge in [-0.3, -0.25) is 0 Å². The second-order valence-electron chi connectivity index (χ2n) is 4.74. The molecule has 0 aliphatic heterocycles. The van der Waals surface area contributed by atoms with Crippen molar-refractivity contribution >= 4 is 28.8 Å². The van der Waals surface area contributed by atoms with Gasteiger partial charge in [0.05, 0.1) is 17.0 Å². The van der Waals surface area contributed by atoms with Crippen molar-refractivity contribution in [1.29, 1.82) is 0 Å². The Kier molecular flexibility index (Phi) is 3.29. The van der Waals surface area contributed by atoms with E-state index in [1.54, 1.807) is 0 Å². The number of imidazole rings is 1. The van der Waals surface area contributed by atoms with Crippen LogP contribution in [0.5, 0.6) is 0 Å². The second kappa shape index (κ2) is 4.94. The molecule has 1 heterocycles. The molecule has 1 aromatic heterocycles. The van der Waals surface area contributed by atoms with E-state index >= 15 is 0 Å². The Bertz CT molecular complexity index is 648. The fraction of sp³-hybridized carbons (Fsp3) is 0.286. The minimum atomic E-state index is 0.323. The predicted octanol–water partition coefficient (Wildman–Crippen LogP) is 3.04. The normalized spacial score (nSPS) is 14.2. The fourth-order valence-corrected chi connectivity index (χ4v) is 3.06. The van der Waals surface area contributed by atoms with Gasteiger partial charge in [-0.25, -0.2) is 4.98 Å². The molecule has 0 atom stereocenters. The van der Waals surface area contributed by atoms with Gasteiger partial charge in [-0.2, -0.15) is 0 Å². The largest absolute Gasteiger partial charge is 0.389 e. The zero-order chi connectivity index (χ0) is 13.4. The number of hydrogen-bond donors (Lipinski definition) is 1. The van der Waals surface area contributed by atoms with Crippen LogP contribution in [-0.4, -0.2) is 14.5 Å². The van der Waals surface area contributed by atoms with Gasteiger partial charge >= 0.3 is 0 Å². The Balaban J connectivity index is 2.05. The van der Waals surface area contributed by atoms with Gasteiger partial charge < -0.3 is 10.3 Å². The first kappa shape index (κ1) is 12.6. The lowest BCUT2D eigenvalue weighted by Crippen LogP contribution is -2.11. The van der Waals surface area contributed by atoms with Crippen LogP contribution in [0.4, 0.5) is 0 Å². The Morgan fingerprint density at radius 3 is 2.84 bits per heavy atom. The molecule has 0 spiro atoms. The van der Waals surface area contributed by atoms with Gasteiger partial charge in [0.2, 0.25) is 0 Å². The Morgan fingerprint density at radius 2 is 2.11 bits per heavy atom. The number of nitrogens with two attached hydrogens (primary N) is 1. The molecule has 98 valence electrons. The van der Waals surface area contributed by atoms with Crippen LogP contribution in [0, 0.1) is 0 Å². The van der Waals surface area contributed by atoms with Crippen LogP contribution < -0.4 is 5.73 Å². The number of nitrogens with zero attached hydrogens (tertiary/aromatic N) is 2. The summed E-state index contributed by atoms with van der Waals surface area (Å²) in [5.74, 6) is 0. The first-order chi connectivity index (χ1) is 9.16. The number of halogens is 1. The fourth-order valence-electron chi connectivity index (χ4n) is 2.55. The van der Waals surface area contributed by atoms with E-state index in [9.17, 15) is 0 Å². The third kappa shape index (κ3) is 2.26. The SMILES string of the molecule is NC(=S)c1ccc(-n2cnc3c2CCCC3)cc1Cl. The van der Waals surface area contributed by atoms with E-state index in [-0.39, 0.29) is 0 Å². The van der Waals surface area contributed by atoms with Gasteiger partial charge in [0.15, 0.2) is 0 Å². The van der Waals surface area contributed by atoms with Gasteiger partial charge in [0.1, 0.15) is 4.99 Å². The van der Waals surface area contributed by atoms with Gasteiger partial charge in [0.25, 0.3) is 0 Å². The van der Waals surface area contributed by atoms with Crippen molar-refractivity contribution < 1.29 is 0 Å². The number of hydrogen-bond acceptors (Lipinski definition) is 2. The van der Waals surface area contributed by atoms with E-state index in [0.29, 0.717) is 10.0 Å². The third-order valence-electron chi connectivity index (χ3n) is 3.53. The predicted molar refractivity (Wildman–Crippen MR) is 81.1 cm³/mol. The summed E-state index contributed by atoms with van der Waals surface area (Å²) < 4.78 is 2.11. The lowest BCUT2D eigenvalue weighted by atomic mass is 10.0. The molecule has 0 bridgehead atoms. The lowest BCUT2D eigenvalue weighted by molar-refractivity contribution is 0.656. The molecule has 0 amide bonds. The van der Waals surface area contributed by atoms with Crippen LogP contribution in [0.1, 0.15) is 29.8 Å². The summed E-state index contributed by atoms with van der Waals surface area (Å²) in [6.07, 6.45) is 6.47. The van der Waals surface area contributed by atoms with Crippen molar-refractivity contribution in [1.82, 2.24) is 9.55 Å². The van der Waals surface area contributed by atoms with E-state index in [2.05, 4.69) is 9.55 Å². The van der Waals surface area contributed by atoms with Crippen molar-refractivity contribution in [2.24, 2.45) is 5.73 Å². The van der Waals surface area contributed by atoms with E-state index in [0.717, 1.165) is 24.1 Å². The molecule has 1 aromatic carbocycles. The van der Waals surface area contributed by atoms with Gasteiger partial charge in [-0.15, -0.1) is 0 Å². The van der Waals surface area contributed by atoms with Crippen LogP contribution in [0.2, 0.25) is 5.02 Å². The van der Waals surface area contributed by atoms with Crippen LogP contribution in [-0.2, 0) is 12.8 Å². The van der Waals surface area contributed by atoms with Crippen LogP contribution in [0.25, 0.3) is 5.69 Å². The molecule has 2 aromatic rings. The highest BCUT2D eigenvalue weighted by atomic mass is 35.5. The molecule has 0 saturated carbocycles. The smallest absolute Gasteiger partial charge is 0.105 e. The summed E-state index contributed by atoms with van der Waals surface area (Å²) in [6.45, 7) is 0. The Morgan fingerprint density at radius 1 is 1.32 bits per heavy atom. The van der Waals surface area contributed by atoms with Crippen molar-refractivity contribution in [3.8, 4) is 5.69 Å². The molecular formula is C14H14ClN3S. The number of thiocarbonyl (C=S) groups is 1. The molecule has 0 unspecified atom stereocenters. The van der Waals surface area contributed by atoms with Gasteiger partial charge in [0, 0.05) is 16.9 Å². The highest BCUT2D eigenvalue weighted by molar-refractivity contribution is 7.80. The summed E-state index contributed by atoms with van der Waals surface area (Å²) in [4.78, 5) is 4.81. The maximum Gasteiger partial charge on any atom is 0.105 e. The summed E-state index contributed by atoms with van der Waals surface area (Å²) >= 11 is 11.2. The van der Waals surface area contributed by atoms with Crippen LogP contribution in [0.15, 0.2) is 24.5 Å². The number of fused-ring (bicyclic) bond motifs is 1. The molecule has 3 nitrogen and oxygen atoms in total. The highest BCUT2D eigenvalue weighted by Gasteiger charge is 2.16. The quantitative estimate of drug-likeness (QED) is 0.865. The summed E-state index contributed by atoms with van der Waals surface area (Å²) in [6, 6.07) is 5.75. The third-order valence-corrected chi connectivity index (χ3v) is 4.06. The van der Waals surface area contributed by atoms with E-state index in [1.165, 1.54) is 24.2 Å². The molecule has 5 heteroatoms. The molecular weight excluding hydrogens is 278 g/mol. The van der Waals surface area contributed by atoms with Crippen molar-refractivity contribution in [3.05, 3.63) is 46.5 Å². The monoisotopic (exact) mass is 291 g/mol. The lowest BCUT2D eigenvalue weighted by Gasteiger charge is -2.14. The first-order valence-electron chi connectivity index (χ1n) is 6.31. The minimum absolute atomic E-state index is 0.323. The van der Waals surface area contributed by atoms with Crippen molar-refractivity contribution in [3.63, 3.8) is 0 Å². The number of benzene rings is 1. The number of rotatable bonds is 2. The standard InChI is InChI=1S/C14H14ClN3S/c15-11-7-9(5-6-10(11)14(16)19)18-8-17-12-3-1-2-4-13(12)18/h5-8H,1-4H2,(H2,16,19). The molecule has 1 aliphatic rings. The second-order valence-corrected chi connectivity index (χ2v) is 5.59. The first-order valence-corrected chi connectivity index (χ1v) is 7.10.